The van der Waals surface area contributed by atoms with E-state index >= 15 is 0 Å². The SMILES string of the molecule is N[C@@H]1CCCCC[C@@H]1C(=O)N[C@@H]1CCc2c(Br)cccc21. The molecule has 114 valence electrons. The van der Waals surface area contributed by atoms with E-state index in [0.717, 1.165) is 43.0 Å². The summed E-state index contributed by atoms with van der Waals surface area (Å²) in [4.78, 5) is 12.6. The maximum Gasteiger partial charge on any atom is 0.225 e. The molecule has 0 radical (unpaired) electrons. The van der Waals surface area contributed by atoms with E-state index in [2.05, 4.69) is 33.4 Å². The number of benzene rings is 1. The zero-order valence-corrected chi connectivity index (χ0v) is 13.9. The first-order chi connectivity index (χ1) is 10.2. The van der Waals surface area contributed by atoms with Gasteiger partial charge in [-0.1, -0.05) is 47.3 Å². The fourth-order valence-corrected chi connectivity index (χ4v) is 4.28. The van der Waals surface area contributed by atoms with Gasteiger partial charge >= 0.3 is 0 Å². The van der Waals surface area contributed by atoms with E-state index in [4.69, 9.17) is 5.73 Å². The molecule has 3 N–H and O–H groups in total. The van der Waals surface area contributed by atoms with Gasteiger partial charge in [-0.05, 0) is 42.9 Å². The Hall–Kier alpha value is -0.870. The van der Waals surface area contributed by atoms with Crippen LogP contribution in [0.15, 0.2) is 22.7 Å². The molecule has 1 aromatic rings. The van der Waals surface area contributed by atoms with Crippen molar-refractivity contribution >= 4 is 21.8 Å². The van der Waals surface area contributed by atoms with Crippen LogP contribution in [0.3, 0.4) is 0 Å². The van der Waals surface area contributed by atoms with Gasteiger partial charge in [0.2, 0.25) is 5.91 Å². The molecule has 1 saturated carbocycles. The molecule has 0 saturated heterocycles. The number of hydrogen-bond donors (Lipinski definition) is 2. The highest BCUT2D eigenvalue weighted by Gasteiger charge is 2.31. The van der Waals surface area contributed by atoms with Crippen molar-refractivity contribution in [2.45, 2.75) is 57.0 Å². The van der Waals surface area contributed by atoms with Gasteiger partial charge in [0.05, 0.1) is 12.0 Å². The summed E-state index contributed by atoms with van der Waals surface area (Å²) in [6.07, 6.45) is 7.42. The van der Waals surface area contributed by atoms with E-state index in [1.165, 1.54) is 17.5 Å². The molecule has 2 aliphatic rings. The highest BCUT2D eigenvalue weighted by atomic mass is 79.9. The number of nitrogens with one attached hydrogen (secondary N) is 1. The number of fused-ring (bicyclic) bond motifs is 1. The van der Waals surface area contributed by atoms with Gasteiger partial charge in [-0.3, -0.25) is 4.79 Å². The minimum absolute atomic E-state index is 0.0105. The monoisotopic (exact) mass is 350 g/mol. The molecule has 2 aliphatic carbocycles. The number of hydrogen-bond acceptors (Lipinski definition) is 2. The molecule has 0 aromatic heterocycles. The van der Waals surface area contributed by atoms with Gasteiger partial charge in [0.25, 0.3) is 0 Å². The molecule has 0 heterocycles. The van der Waals surface area contributed by atoms with E-state index in [0.29, 0.717) is 0 Å². The Bertz CT molecular complexity index is 532. The van der Waals surface area contributed by atoms with Gasteiger partial charge in [-0.25, -0.2) is 0 Å². The van der Waals surface area contributed by atoms with Crippen molar-refractivity contribution < 1.29 is 4.79 Å². The number of halogens is 1. The van der Waals surface area contributed by atoms with E-state index in [9.17, 15) is 4.79 Å². The Morgan fingerprint density at radius 2 is 2.00 bits per heavy atom. The highest BCUT2D eigenvalue weighted by Crippen LogP contribution is 2.36. The average molecular weight is 351 g/mol. The first-order valence-electron chi connectivity index (χ1n) is 8.00. The van der Waals surface area contributed by atoms with Crippen LogP contribution < -0.4 is 11.1 Å². The molecule has 3 rings (SSSR count). The second kappa shape index (κ2) is 6.49. The molecular formula is C17H23BrN2O. The lowest BCUT2D eigenvalue weighted by molar-refractivity contribution is -0.126. The summed E-state index contributed by atoms with van der Waals surface area (Å²) < 4.78 is 1.16. The summed E-state index contributed by atoms with van der Waals surface area (Å²) in [6.45, 7) is 0. The summed E-state index contributed by atoms with van der Waals surface area (Å²) in [5.41, 5.74) is 8.81. The van der Waals surface area contributed by atoms with Crippen LogP contribution >= 0.6 is 15.9 Å². The molecule has 0 unspecified atom stereocenters. The van der Waals surface area contributed by atoms with Crippen molar-refractivity contribution in [3.05, 3.63) is 33.8 Å². The fourth-order valence-electron chi connectivity index (χ4n) is 3.70. The maximum absolute atomic E-state index is 12.6. The van der Waals surface area contributed by atoms with Crippen LogP contribution in [0.4, 0.5) is 0 Å². The van der Waals surface area contributed by atoms with Crippen molar-refractivity contribution in [2.75, 3.05) is 0 Å². The van der Waals surface area contributed by atoms with Crippen LogP contribution in [-0.2, 0) is 11.2 Å². The molecule has 0 spiro atoms. The second-order valence-electron chi connectivity index (χ2n) is 6.32. The van der Waals surface area contributed by atoms with Crippen LogP contribution in [-0.4, -0.2) is 11.9 Å². The smallest absolute Gasteiger partial charge is 0.225 e. The average Bonchev–Trinajstić information content (AvgIpc) is 2.74. The van der Waals surface area contributed by atoms with Gasteiger partial charge in [0, 0.05) is 10.5 Å². The molecule has 1 amide bonds. The van der Waals surface area contributed by atoms with Crippen LogP contribution in [0.2, 0.25) is 0 Å². The molecule has 1 fully saturated rings. The Morgan fingerprint density at radius 3 is 2.86 bits per heavy atom. The first kappa shape index (κ1) is 15.0. The van der Waals surface area contributed by atoms with Crippen LogP contribution in [0.25, 0.3) is 0 Å². The molecule has 1 aromatic carbocycles. The summed E-state index contributed by atoms with van der Waals surface area (Å²) in [5, 5.41) is 3.25. The van der Waals surface area contributed by atoms with Crippen LogP contribution in [0.1, 0.15) is 55.7 Å². The molecular weight excluding hydrogens is 328 g/mol. The van der Waals surface area contributed by atoms with Crippen molar-refractivity contribution in [3.8, 4) is 0 Å². The molecule has 21 heavy (non-hydrogen) atoms. The van der Waals surface area contributed by atoms with Crippen molar-refractivity contribution in [2.24, 2.45) is 11.7 Å². The summed E-state index contributed by atoms with van der Waals surface area (Å²) in [6, 6.07) is 6.43. The van der Waals surface area contributed by atoms with Crippen LogP contribution in [0.5, 0.6) is 0 Å². The highest BCUT2D eigenvalue weighted by molar-refractivity contribution is 9.10. The van der Waals surface area contributed by atoms with Gasteiger partial charge < -0.3 is 11.1 Å². The molecule has 3 atom stereocenters. The minimum Gasteiger partial charge on any atom is -0.349 e. The van der Waals surface area contributed by atoms with Crippen LogP contribution in [0, 0.1) is 5.92 Å². The zero-order valence-electron chi connectivity index (χ0n) is 12.3. The Labute approximate surface area is 134 Å². The normalized spacial score (nSPS) is 28.8. The number of rotatable bonds is 2. The lowest BCUT2D eigenvalue weighted by Gasteiger charge is -2.23. The van der Waals surface area contributed by atoms with Gasteiger partial charge in [-0.15, -0.1) is 0 Å². The van der Waals surface area contributed by atoms with Gasteiger partial charge in [-0.2, -0.15) is 0 Å². The largest absolute Gasteiger partial charge is 0.349 e. The van der Waals surface area contributed by atoms with Crippen molar-refractivity contribution in [3.63, 3.8) is 0 Å². The van der Waals surface area contributed by atoms with Crippen molar-refractivity contribution in [1.29, 1.82) is 0 Å². The van der Waals surface area contributed by atoms with E-state index < -0.39 is 0 Å². The number of amides is 1. The fraction of sp³-hybridized carbons (Fsp3) is 0.588. The Balaban J connectivity index is 1.70. The quantitative estimate of drug-likeness (QED) is 0.802. The molecule has 3 nitrogen and oxygen atoms in total. The standard InChI is InChI=1S/C17H23BrN2O/c18-14-7-4-6-12-11(14)9-10-16(12)20-17(21)13-5-2-1-3-8-15(13)19/h4,6-7,13,15-16H,1-3,5,8-10,19H2,(H,20,21)/t13-,15+,16+/m0/s1. The minimum atomic E-state index is -0.0105. The topological polar surface area (TPSA) is 55.1 Å². The Kier molecular flexibility index (Phi) is 4.65. The molecule has 0 aliphatic heterocycles. The number of carbonyl (C=O) groups is 1. The van der Waals surface area contributed by atoms with Gasteiger partial charge in [0.15, 0.2) is 0 Å². The molecule has 4 heteroatoms. The second-order valence-corrected chi connectivity index (χ2v) is 7.17. The van der Waals surface area contributed by atoms with Crippen molar-refractivity contribution in [1.82, 2.24) is 5.32 Å². The predicted octanol–water partition coefficient (Wildman–Crippen LogP) is 3.46. The van der Waals surface area contributed by atoms with E-state index in [-0.39, 0.29) is 23.9 Å². The zero-order chi connectivity index (χ0) is 14.8. The summed E-state index contributed by atoms with van der Waals surface area (Å²) in [5.74, 6) is 0.144. The summed E-state index contributed by atoms with van der Waals surface area (Å²) in [7, 11) is 0. The predicted molar refractivity (Wildman–Crippen MR) is 87.9 cm³/mol. The van der Waals surface area contributed by atoms with E-state index in [1.807, 2.05) is 6.07 Å². The Morgan fingerprint density at radius 1 is 1.19 bits per heavy atom. The first-order valence-corrected chi connectivity index (χ1v) is 8.79. The lowest BCUT2D eigenvalue weighted by atomic mass is 9.94. The third-order valence-corrected chi connectivity index (χ3v) is 5.68. The third-order valence-electron chi connectivity index (χ3n) is 4.94. The third kappa shape index (κ3) is 3.16. The number of nitrogens with two attached hydrogens (primary N) is 1. The maximum atomic E-state index is 12.6. The van der Waals surface area contributed by atoms with Gasteiger partial charge in [0.1, 0.15) is 0 Å². The van der Waals surface area contributed by atoms with E-state index in [1.54, 1.807) is 0 Å². The number of carbonyl (C=O) groups excluding carboxylic acids is 1. The summed E-state index contributed by atoms with van der Waals surface area (Å²) >= 11 is 3.60. The lowest BCUT2D eigenvalue weighted by Crippen LogP contribution is -2.42. The molecule has 0 bridgehead atoms.